The maximum atomic E-state index is 8.97. The van der Waals surface area contributed by atoms with Gasteiger partial charge in [-0.25, -0.2) is 19.8 Å². The third kappa shape index (κ3) is 4.76. The zero-order chi connectivity index (χ0) is 28.3. The van der Waals surface area contributed by atoms with Crippen molar-refractivity contribution in [1.82, 2.24) is 4.98 Å². The molecule has 3 heterocycles. The van der Waals surface area contributed by atoms with Crippen molar-refractivity contribution in [3.8, 4) is 17.4 Å². The maximum absolute atomic E-state index is 8.97. The summed E-state index contributed by atoms with van der Waals surface area (Å²) in [5.41, 5.74) is 5.99. The van der Waals surface area contributed by atoms with E-state index in [1.165, 1.54) is 6.08 Å². The van der Waals surface area contributed by atoms with Crippen LogP contribution in [0.4, 0.5) is 28.4 Å². The van der Waals surface area contributed by atoms with Crippen molar-refractivity contribution in [3.05, 3.63) is 137 Å². The fourth-order valence-corrected chi connectivity index (χ4v) is 5.58. The molecule has 3 aromatic heterocycles. The van der Waals surface area contributed by atoms with E-state index in [0.717, 1.165) is 43.0 Å². The highest BCUT2D eigenvalue weighted by Crippen LogP contribution is 2.43. The first-order chi connectivity index (χ1) is 20.1. The minimum Gasteiger partial charge on any atom is -0.454 e. The molecule has 0 saturated carbocycles. The Morgan fingerprint density at radius 3 is 2.05 bits per heavy atom. The van der Waals surface area contributed by atoms with Crippen LogP contribution in [-0.4, -0.2) is 4.98 Å². The molecule has 6 rings (SSSR count). The molecule has 0 aliphatic carbocycles. The van der Waals surface area contributed by atoms with E-state index < -0.39 is 0 Å². The predicted octanol–water partition coefficient (Wildman–Crippen LogP) is 10.1. The van der Waals surface area contributed by atoms with Crippen LogP contribution in [0.5, 0.6) is 0 Å². The first-order valence-electron chi connectivity index (χ1n) is 12.3. The number of hydrogen-bond acceptors (Lipinski definition) is 5. The van der Waals surface area contributed by atoms with Gasteiger partial charge in [-0.3, -0.25) is 4.98 Å². The SMILES string of the molecule is [C-]#[N+]/C(C#N)=C\c1ccc(-c2cc3sc4cc(N(c5ccc([N+]#[C-])cc5)c5ccc([N+]#[C-])cc5)ccc4c3o2)cn1. The molecule has 0 N–H and O–H groups in total. The molecule has 0 fully saturated rings. The quantitative estimate of drug-likeness (QED) is 0.160. The summed E-state index contributed by atoms with van der Waals surface area (Å²) >= 11 is 1.63. The number of hydrogen-bond donors (Lipinski definition) is 0. The Hall–Kier alpha value is -6.19. The Bertz CT molecular complexity index is 2050. The van der Waals surface area contributed by atoms with Gasteiger partial charge in [0, 0.05) is 45.0 Å². The molecule has 0 aliphatic rings. The molecule has 0 bridgehead atoms. The Labute approximate surface area is 239 Å². The van der Waals surface area contributed by atoms with Gasteiger partial charge in [0.25, 0.3) is 5.70 Å². The van der Waals surface area contributed by atoms with Crippen molar-refractivity contribution in [3.63, 3.8) is 0 Å². The molecule has 6 aromatic rings. The number of furan rings is 1. The Kier molecular flexibility index (Phi) is 6.44. The Morgan fingerprint density at radius 2 is 1.49 bits per heavy atom. The Morgan fingerprint density at radius 1 is 0.829 bits per heavy atom. The fraction of sp³-hybridized carbons (Fsp3) is 0. The number of nitriles is 1. The van der Waals surface area contributed by atoms with Crippen LogP contribution in [0.3, 0.4) is 0 Å². The highest BCUT2D eigenvalue weighted by Gasteiger charge is 2.17. The van der Waals surface area contributed by atoms with Gasteiger partial charge >= 0.3 is 0 Å². The summed E-state index contributed by atoms with van der Waals surface area (Å²) in [6.45, 7) is 21.6. The highest BCUT2D eigenvalue weighted by molar-refractivity contribution is 7.25. The van der Waals surface area contributed by atoms with Gasteiger partial charge in [0.2, 0.25) is 0 Å². The molecule has 41 heavy (non-hydrogen) atoms. The summed E-state index contributed by atoms with van der Waals surface area (Å²) in [6.07, 6.45) is 3.12. The third-order valence-corrected chi connectivity index (χ3v) is 7.53. The van der Waals surface area contributed by atoms with Gasteiger partial charge in [-0.2, -0.15) is 0 Å². The first kappa shape index (κ1) is 25.1. The van der Waals surface area contributed by atoms with Crippen molar-refractivity contribution in [1.29, 1.82) is 5.26 Å². The number of allylic oxidation sites excluding steroid dienone is 1. The highest BCUT2D eigenvalue weighted by atomic mass is 32.1. The second kappa shape index (κ2) is 10.5. The average molecular weight is 545 g/mol. The van der Waals surface area contributed by atoms with Gasteiger partial charge in [-0.15, -0.1) is 11.3 Å². The second-order valence-electron chi connectivity index (χ2n) is 8.90. The summed E-state index contributed by atoms with van der Waals surface area (Å²) in [5.74, 6) is 0.687. The number of fused-ring (bicyclic) bond motifs is 3. The molecule has 0 amide bonds. The molecule has 8 heteroatoms. The van der Waals surface area contributed by atoms with E-state index in [-0.39, 0.29) is 5.70 Å². The zero-order valence-corrected chi connectivity index (χ0v) is 22.1. The summed E-state index contributed by atoms with van der Waals surface area (Å²) in [5, 5.41) is 9.97. The smallest absolute Gasteiger partial charge is 0.264 e. The molecule has 0 aliphatic heterocycles. The molecular formula is C33H16N6OS. The lowest BCUT2D eigenvalue weighted by molar-refractivity contribution is 0.635. The van der Waals surface area contributed by atoms with E-state index >= 15 is 0 Å². The van der Waals surface area contributed by atoms with E-state index in [1.807, 2.05) is 54.6 Å². The predicted molar refractivity (Wildman–Crippen MR) is 162 cm³/mol. The number of thiophene rings is 1. The van der Waals surface area contributed by atoms with Crippen LogP contribution >= 0.6 is 11.3 Å². The lowest BCUT2D eigenvalue weighted by atomic mass is 10.1. The number of nitrogens with zero attached hydrogens (tertiary/aromatic N) is 6. The largest absolute Gasteiger partial charge is 0.454 e. The monoisotopic (exact) mass is 544 g/mol. The lowest BCUT2D eigenvalue weighted by Crippen LogP contribution is -2.09. The number of pyridine rings is 1. The van der Waals surface area contributed by atoms with Crippen LogP contribution in [0.1, 0.15) is 5.69 Å². The Balaban J connectivity index is 1.38. The molecular weight excluding hydrogens is 528 g/mol. The van der Waals surface area contributed by atoms with Crippen molar-refractivity contribution in [2.24, 2.45) is 0 Å². The minimum atomic E-state index is -0.0195. The minimum absolute atomic E-state index is 0.0195. The molecule has 190 valence electrons. The molecule has 0 atom stereocenters. The topological polar surface area (TPSA) is 66.1 Å². The normalized spacial score (nSPS) is 11.0. The standard InChI is InChI=1S/C33H16N6OS/c1-35-22-6-10-26(11-7-22)39(27-12-8-23(36-2)9-13-27)28-14-15-29-31(17-28)41-32-18-30(40-33(29)32)21-4-5-24(38-20-21)16-25(19-34)37-3/h4-18,20H/b25-16-. The van der Waals surface area contributed by atoms with E-state index in [2.05, 4.69) is 30.5 Å². The average Bonchev–Trinajstić information content (AvgIpc) is 3.59. The summed E-state index contributed by atoms with van der Waals surface area (Å²) in [4.78, 5) is 16.6. The maximum Gasteiger partial charge on any atom is 0.264 e. The van der Waals surface area contributed by atoms with Crippen LogP contribution in [0.2, 0.25) is 0 Å². The van der Waals surface area contributed by atoms with Gasteiger partial charge in [0.15, 0.2) is 17.0 Å². The van der Waals surface area contributed by atoms with Crippen molar-refractivity contribution >= 4 is 66.2 Å². The van der Waals surface area contributed by atoms with Gasteiger partial charge in [-0.05, 0) is 60.7 Å². The molecule has 0 radical (unpaired) electrons. The van der Waals surface area contributed by atoms with E-state index in [0.29, 0.717) is 22.8 Å². The fourth-order valence-electron chi connectivity index (χ4n) is 4.49. The molecule has 0 saturated heterocycles. The molecule has 0 unspecified atom stereocenters. The van der Waals surface area contributed by atoms with E-state index in [1.54, 1.807) is 47.9 Å². The number of benzene rings is 3. The summed E-state index contributed by atoms with van der Waals surface area (Å²) < 4.78 is 8.34. The second-order valence-corrected chi connectivity index (χ2v) is 9.99. The summed E-state index contributed by atoms with van der Waals surface area (Å²) in [6, 6.07) is 28.5. The van der Waals surface area contributed by atoms with Crippen LogP contribution < -0.4 is 4.90 Å². The van der Waals surface area contributed by atoms with E-state index in [9.17, 15) is 0 Å². The van der Waals surface area contributed by atoms with Crippen LogP contribution in [0, 0.1) is 31.0 Å². The molecule has 3 aromatic carbocycles. The first-order valence-corrected chi connectivity index (χ1v) is 13.1. The van der Waals surface area contributed by atoms with Crippen LogP contribution in [0.15, 0.2) is 101 Å². The van der Waals surface area contributed by atoms with Gasteiger partial charge in [-0.1, -0.05) is 24.3 Å². The van der Waals surface area contributed by atoms with Gasteiger partial charge in [0.05, 0.1) is 36.2 Å². The van der Waals surface area contributed by atoms with Crippen molar-refractivity contribution in [2.75, 3.05) is 4.90 Å². The van der Waals surface area contributed by atoms with Gasteiger partial charge in [0.1, 0.15) is 5.76 Å². The van der Waals surface area contributed by atoms with Crippen molar-refractivity contribution < 1.29 is 4.42 Å². The van der Waals surface area contributed by atoms with Crippen LogP contribution in [-0.2, 0) is 0 Å². The molecule has 7 nitrogen and oxygen atoms in total. The number of aromatic nitrogens is 1. The lowest BCUT2D eigenvalue weighted by Gasteiger charge is -2.25. The zero-order valence-electron chi connectivity index (χ0n) is 21.2. The van der Waals surface area contributed by atoms with E-state index in [4.69, 9.17) is 29.4 Å². The van der Waals surface area contributed by atoms with Crippen LogP contribution in [0.25, 0.3) is 52.3 Å². The van der Waals surface area contributed by atoms with Gasteiger partial charge < -0.3 is 9.32 Å². The van der Waals surface area contributed by atoms with Crippen molar-refractivity contribution in [2.45, 2.75) is 0 Å². The third-order valence-electron chi connectivity index (χ3n) is 6.45. The summed E-state index contributed by atoms with van der Waals surface area (Å²) in [7, 11) is 0. The number of rotatable bonds is 5. The molecule has 0 spiro atoms. The number of anilines is 3.